The molecule has 3 aromatic rings. The maximum absolute atomic E-state index is 14.0. The number of hydrogen-bond donors (Lipinski definition) is 3. The zero-order valence-electron chi connectivity index (χ0n) is 22.3. The largest absolute Gasteiger partial charge is 0.421 e. The number of piperazine rings is 1. The Morgan fingerprint density at radius 1 is 1.05 bits per heavy atom. The Morgan fingerprint density at radius 2 is 1.76 bits per heavy atom. The number of aromatic nitrogens is 2. The number of hydrogen-bond acceptors (Lipinski definition) is 9. The lowest BCUT2D eigenvalue weighted by Crippen LogP contribution is -2.44. The summed E-state index contributed by atoms with van der Waals surface area (Å²) in [6.07, 6.45) is -4.06. The Bertz CT molecular complexity index is 1460. The van der Waals surface area contributed by atoms with Gasteiger partial charge in [0.2, 0.25) is 5.95 Å². The van der Waals surface area contributed by atoms with Crippen LogP contribution >= 0.6 is 8.25 Å². The zero-order valence-corrected chi connectivity index (χ0v) is 23.3. The van der Waals surface area contributed by atoms with Crippen LogP contribution in [0.2, 0.25) is 0 Å². The molecule has 1 amide bonds. The average Bonchev–Trinajstić information content (AvgIpc) is 3.23. The van der Waals surface area contributed by atoms with Crippen molar-refractivity contribution < 1.29 is 31.9 Å². The maximum atomic E-state index is 14.0. The lowest BCUT2D eigenvalue weighted by atomic mass is 10.0. The van der Waals surface area contributed by atoms with Gasteiger partial charge in [-0.25, -0.2) is 4.98 Å². The van der Waals surface area contributed by atoms with Crippen LogP contribution in [0, 0.1) is 0 Å². The predicted octanol–water partition coefficient (Wildman–Crippen LogP) is 4.22. The summed E-state index contributed by atoms with van der Waals surface area (Å²) in [7, 11) is 0.638. The summed E-state index contributed by atoms with van der Waals surface area (Å²) in [6.45, 7) is 3.58. The molecule has 2 aromatic carbocycles. The van der Waals surface area contributed by atoms with Crippen molar-refractivity contribution in [1.29, 1.82) is 0 Å². The molecule has 0 aliphatic carbocycles. The third-order valence-corrected chi connectivity index (χ3v) is 7.40. The minimum atomic E-state index is -4.75. The number of fused-ring (bicyclic) bond motifs is 1. The number of halogens is 3. The summed E-state index contributed by atoms with van der Waals surface area (Å²) in [5, 5.41) is 5.64. The van der Waals surface area contributed by atoms with Crippen molar-refractivity contribution >= 4 is 43.0 Å². The molecule has 0 radical (unpaired) electrons. The number of benzene rings is 2. The predicted molar refractivity (Wildman–Crippen MR) is 148 cm³/mol. The second kappa shape index (κ2) is 11.6. The smallest absolute Gasteiger partial charge is 0.369 e. The number of carbonyl (C=O) groups excluding carboxylic acids is 1. The molecule has 1 atom stereocenters. The Balaban J connectivity index is 1.45. The topological polar surface area (TPSA) is 123 Å². The van der Waals surface area contributed by atoms with Gasteiger partial charge in [0.05, 0.1) is 17.9 Å². The molecule has 3 heterocycles. The first kappa shape index (κ1) is 28.8. The molecule has 0 bridgehead atoms. The van der Waals surface area contributed by atoms with Gasteiger partial charge in [0, 0.05) is 62.9 Å². The van der Waals surface area contributed by atoms with E-state index in [1.54, 1.807) is 42.3 Å². The summed E-state index contributed by atoms with van der Waals surface area (Å²) >= 11 is 0. The van der Waals surface area contributed by atoms with Gasteiger partial charge < -0.3 is 34.8 Å². The first-order valence-electron chi connectivity index (χ1n) is 12.8. The lowest BCUT2D eigenvalue weighted by Gasteiger charge is -2.35. The molecule has 15 heteroatoms. The van der Waals surface area contributed by atoms with Gasteiger partial charge in [-0.15, -0.1) is 0 Å². The maximum Gasteiger partial charge on any atom is 0.421 e. The van der Waals surface area contributed by atoms with Crippen LogP contribution in [0.4, 0.5) is 42.0 Å². The molecule has 11 nitrogen and oxygen atoms in total. The van der Waals surface area contributed by atoms with Crippen molar-refractivity contribution in [3.8, 4) is 0 Å². The van der Waals surface area contributed by atoms with Gasteiger partial charge in [0.25, 0.3) is 5.91 Å². The Kier molecular flexibility index (Phi) is 8.18. The van der Waals surface area contributed by atoms with Gasteiger partial charge in [-0.2, -0.15) is 18.2 Å². The number of nitrogens with one attached hydrogen (secondary N) is 2. The Morgan fingerprint density at radius 3 is 2.41 bits per heavy atom. The molecule has 1 saturated heterocycles. The molecule has 0 saturated carbocycles. The van der Waals surface area contributed by atoms with Gasteiger partial charge in [0.15, 0.2) is 0 Å². The summed E-state index contributed by atoms with van der Waals surface area (Å²) in [5.41, 5.74) is 2.25. The van der Waals surface area contributed by atoms with Gasteiger partial charge in [-0.1, -0.05) is 12.1 Å². The van der Waals surface area contributed by atoms with E-state index in [0.29, 0.717) is 29.6 Å². The fourth-order valence-corrected chi connectivity index (χ4v) is 5.11. The molecule has 2 aliphatic heterocycles. The molecular formula is C26H29F3N7O4P. The number of anilines is 5. The number of amides is 1. The Labute approximate surface area is 234 Å². The monoisotopic (exact) mass is 591 g/mol. The van der Waals surface area contributed by atoms with Crippen LogP contribution in [0.25, 0.3) is 0 Å². The molecular weight excluding hydrogens is 562 g/mol. The van der Waals surface area contributed by atoms with Crippen LogP contribution in [0.3, 0.4) is 0 Å². The van der Waals surface area contributed by atoms with Crippen molar-refractivity contribution in [2.45, 2.75) is 19.3 Å². The van der Waals surface area contributed by atoms with E-state index in [0.717, 1.165) is 37.4 Å². The van der Waals surface area contributed by atoms with Gasteiger partial charge in [0.1, 0.15) is 11.4 Å². The number of nitrogens with zero attached hydrogens (tertiary/aromatic N) is 5. The Hall–Kier alpha value is -3.71. The van der Waals surface area contributed by atoms with Gasteiger partial charge >= 0.3 is 14.4 Å². The SMILES string of the molecule is CN1CCN(c2ccc(Nc3nc(Nc4ccc(CO[PH](=O)O)cc4)ncc3C(F)(F)F)c3c2CN(C)C3=O)CC1. The standard InChI is InChI=1S/C26H29F3N7O4P/c1-34-9-11-36(12-10-34)21-8-7-20(22-18(21)14-35(2)24(22)37)32-23-19(26(27,28)29)13-30-25(33-23)31-17-5-3-16(4-6-17)15-40-41(38)39/h3-8,13,41H,9-12,14-15H2,1-2H3,(H,38,39)(H2,30,31,32,33). The van der Waals surface area contributed by atoms with Crippen molar-refractivity contribution in [2.24, 2.45) is 0 Å². The molecule has 1 unspecified atom stereocenters. The summed E-state index contributed by atoms with van der Waals surface area (Å²) in [6, 6.07) is 9.94. The minimum Gasteiger partial charge on any atom is -0.369 e. The number of carbonyl (C=O) groups is 1. The van der Waals surface area contributed by atoms with E-state index in [-0.39, 0.29) is 24.1 Å². The fourth-order valence-electron chi connectivity index (χ4n) is 4.82. The minimum absolute atomic E-state index is 0.0642. The lowest BCUT2D eigenvalue weighted by molar-refractivity contribution is -0.137. The highest BCUT2D eigenvalue weighted by Gasteiger charge is 2.37. The third kappa shape index (κ3) is 6.46. The van der Waals surface area contributed by atoms with E-state index < -0.39 is 25.8 Å². The van der Waals surface area contributed by atoms with Crippen LogP contribution in [-0.2, 0) is 28.4 Å². The summed E-state index contributed by atoms with van der Waals surface area (Å²) in [5.74, 6) is -0.876. The van der Waals surface area contributed by atoms with Crippen molar-refractivity contribution in [3.05, 3.63) is 64.8 Å². The van der Waals surface area contributed by atoms with Gasteiger partial charge in [-0.05, 0) is 36.9 Å². The van der Waals surface area contributed by atoms with E-state index in [4.69, 9.17) is 9.42 Å². The molecule has 1 fully saturated rings. The number of rotatable bonds is 8. The van der Waals surface area contributed by atoms with Crippen molar-refractivity contribution in [3.63, 3.8) is 0 Å². The summed E-state index contributed by atoms with van der Waals surface area (Å²) < 4.78 is 57.3. The average molecular weight is 592 g/mol. The highest BCUT2D eigenvalue weighted by Crippen LogP contribution is 2.40. The van der Waals surface area contributed by atoms with E-state index in [9.17, 15) is 22.5 Å². The molecule has 0 spiro atoms. The summed E-state index contributed by atoms with van der Waals surface area (Å²) in [4.78, 5) is 35.9. The van der Waals surface area contributed by atoms with Crippen LogP contribution in [0.1, 0.15) is 27.0 Å². The molecule has 5 rings (SSSR count). The van der Waals surface area contributed by atoms with Crippen molar-refractivity contribution in [1.82, 2.24) is 19.8 Å². The zero-order chi connectivity index (χ0) is 29.3. The van der Waals surface area contributed by atoms with Gasteiger partial charge in [-0.3, -0.25) is 9.36 Å². The first-order valence-corrected chi connectivity index (χ1v) is 14.0. The molecule has 1 aromatic heterocycles. The third-order valence-electron chi connectivity index (χ3n) is 7.01. The van der Waals surface area contributed by atoms with E-state index in [1.807, 2.05) is 13.1 Å². The van der Waals surface area contributed by atoms with Crippen LogP contribution < -0.4 is 15.5 Å². The second-order valence-corrected chi connectivity index (χ2v) is 10.7. The van der Waals surface area contributed by atoms with E-state index in [2.05, 4.69) is 30.4 Å². The molecule has 41 heavy (non-hydrogen) atoms. The quantitative estimate of drug-likeness (QED) is 0.328. The van der Waals surface area contributed by atoms with Crippen LogP contribution in [0.15, 0.2) is 42.6 Å². The molecule has 218 valence electrons. The van der Waals surface area contributed by atoms with Crippen molar-refractivity contribution in [2.75, 3.05) is 55.8 Å². The van der Waals surface area contributed by atoms with E-state index in [1.165, 1.54) is 0 Å². The van der Waals surface area contributed by atoms with Crippen LogP contribution in [-0.4, -0.2) is 70.8 Å². The van der Waals surface area contributed by atoms with E-state index >= 15 is 0 Å². The number of alkyl halides is 3. The first-order chi connectivity index (χ1) is 19.5. The molecule has 3 N–H and O–H groups in total. The molecule has 2 aliphatic rings. The number of likely N-dealkylation sites (N-methyl/N-ethyl adjacent to an activating group) is 1. The highest BCUT2D eigenvalue weighted by molar-refractivity contribution is 7.32. The highest BCUT2D eigenvalue weighted by atomic mass is 31.1. The fraction of sp³-hybridized carbons (Fsp3) is 0.346. The second-order valence-electron chi connectivity index (χ2n) is 9.89. The van der Waals surface area contributed by atoms with Crippen LogP contribution in [0.5, 0.6) is 0 Å². The normalized spacial score (nSPS) is 16.6.